The highest BCUT2D eigenvalue weighted by atomic mass is 79.9. The molecule has 0 bridgehead atoms. The molecule has 2 rings (SSSR count). The molecule has 1 heterocycles. The number of fused-ring (bicyclic) bond motifs is 1. The van der Waals surface area contributed by atoms with Gasteiger partial charge >= 0.3 is 0 Å². The molecule has 0 saturated heterocycles. The van der Waals surface area contributed by atoms with E-state index in [-0.39, 0.29) is 0 Å². The molecule has 0 amide bonds. The molecule has 1 aromatic carbocycles. The first kappa shape index (κ1) is 9.35. The summed E-state index contributed by atoms with van der Waals surface area (Å²) >= 11 is 3.33. The third-order valence-electron chi connectivity index (χ3n) is 1.33. The highest BCUT2D eigenvalue weighted by Crippen LogP contribution is 2.33. The van der Waals surface area contributed by atoms with Crippen LogP contribution in [0.1, 0.15) is 0 Å². The van der Waals surface area contributed by atoms with Gasteiger partial charge in [0.25, 0.3) is 0 Å². The van der Waals surface area contributed by atoms with Crippen LogP contribution in [0.3, 0.4) is 0 Å². The topological polar surface area (TPSA) is 38.7 Å². The highest BCUT2D eigenvalue weighted by molar-refractivity contribution is 9.10. The number of halogens is 1. The van der Waals surface area contributed by atoms with E-state index in [0.29, 0.717) is 6.79 Å². The molecule has 1 aliphatic heterocycles. The largest absolute Gasteiger partial charge is 0.454 e. The van der Waals surface area contributed by atoms with Crippen LogP contribution in [-0.4, -0.2) is 19.0 Å². The normalized spacial score (nSPS) is 11.9. The van der Waals surface area contributed by atoms with Crippen molar-refractivity contribution in [3.05, 3.63) is 22.7 Å². The van der Waals surface area contributed by atoms with Crippen LogP contribution < -0.4 is 9.47 Å². The molecule has 1 N–H and O–H groups in total. The van der Waals surface area contributed by atoms with Crippen LogP contribution in [0.5, 0.6) is 11.5 Å². The zero-order valence-corrected chi connectivity index (χ0v) is 8.17. The summed E-state index contributed by atoms with van der Waals surface area (Å²) in [5.41, 5.74) is 0. The summed E-state index contributed by atoms with van der Waals surface area (Å²) in [5.74, 6) is 1.64. The van der Waals surface area contributed by atoms with Crippen molar-refractivity contribution >= 4 is 15.9 Å². The smallest absolute Gasteiger partial charge is 0.231 e. The second-order valence-electron chi connectivity index (χ2n) is 2.00. The van der Waals surface area contributed by atoms with Gasteiger partial charge in [-0.1, -0.05) is 15.9 Å². The molecule has 0 fully saturated rings. The van der Waals surface area contributed by atoms with E-state index in [0.717, 1.165) is 23.1 Å². The van der Waals surface area contributed by atoms with Gasteiger partial charge in [0.1, 0.15) is 0 Å². The molecule has 0 spiro atoms. The molecular formula is C8H9BrO3. The molecule has 1 aliphatic rings. The van der Waals surface area contributed by atoms with Gasteiger partial charge in [0, 0.05) is 11.6 Å². The zero-order chi connectivity index (χ0) is 8.97. The fourth-order valence-electron chi connectivity index (χ4n) is 0.870. The van der Waals surface area contributed by atoms with Gasteiger partial charge < -0.3 is 14.6 Å². The predicted molar refractivity (Wildman–Crippen MR) is 48.4 cm³/mol. The summed E-state index contributed by atoms with van der Waals surface area (Å²) in [5, 5.41) is 7.00. The number of ether oxygens (including phenoxy) is 2. The van der Waals surface area contributed by atoms with Crippen LogP contribution >= 0.6 is 15.9 Å². The van der Waals surface area contributed by atoms with Crippen molar-refractivity contribution < 1.29 is 14.6 Å². The molecule has 1 aromatic rings. The second kappa shape index (κ2) is 4.33. The van der Waals surface area contributed by atoms with Crippen LogP contribution in [0, 0.1) is 0 Å². The number of aliphatic hydroxyl groups is 1. The highest BCUT2D eigenvalue weighted by Gasteiger charge is 2.11. The lowest BCUT2D eigenvalue weighted by Gasteiger charge is -1.93. The summed E-state index contributed by atoms with van der Waals surface area (Å²) in [4.78, 5) is 0. The van der Waals surface area contributed by atoms with Crippen LogP contribution in [0.2, 0.25) is 0 Å². The molecule has 0 unspecified atom stereocenters. The van der Waals surface area contributed by atoms with E-state index in [1.165, 1.54) is 0 Å². The molecular weight excluding hydrogens is 224 g/mol. The van der Waals surface area contributed by atoms with Crippen molar-refractivity contribution in [2.75, 3.05) is 13.9 Å². The Bertz CT molecular complexity index is 262. The standard InChI is InChI=1S/C7H5BrO2.CH4O/c8-5-1-2-6-7(3-5)10-4-9-6;1-2/h1-3H,4H2;2H,1H3. The first-order valence-electron chi connectivity index (χ1n) is 3.36. The Hall–Kier alpha value is -0.740. The van der Waals surface area contributed by atoms with E-state index in [4.69, 9.17) is 14.6 Å². The first-order chi connectivity index (χ1) is 5.86. The summed E-state index contributed by atoms with van der Waals surface area (Å²) in [6.45, 7) is 0.339. The molecule has 4 heteroatoms. The third kappa shape index (κ3) is 1.89. The lowest BCUT2D eigenvalue weighted by molar-refractivity contribution is 0.174. The Labute approximate surface area is 79.1 Å². The predicted octanol–water partition coefficient (Wildman–Crippen LogP) is 1.79. The summed E-state index contributed by atoms with van der Waals surface area (Å²) in [6, 6.07) is 5.70. The second-order valence-corrected chi connectivity index (χ2v) is 2.91. The quantitative estimate of drug-likeness (QED) is 0.742. The zero-order valence-electron chi connectivity index (χ0n) is 6.58. The number of hydrogen-bond acceptors (Lipinski definition) is 3. The van der Waals surface area contributed by atoms with Gasteiger partial charge in [-0.3, -0.25) is 0 Å². The first-order valence-corrected chi connectivity index (χ1v) is 4.15. The molecule has 0 aromatic heterocycles. The fraction of sp³-hybridized carbons (Fsp3) is 0.250. The Balaban J connectivity index is 0.000000336. The Morgan fingerprint density at radius 2 is 1.92 bits per heavy atom. The van der Waals surface area contributed by atoms with E-state index in [1.54, 1.807) is 0 Å². The van der Waals surface area contributed by atoms with E-state index in [9.17, 15) is 0 Å². The van der Waals surface area contributed by atoms with Crippen LogP contribution in [0.25, 0.3) is 0 Å². The Morgan fingerprint density at radius 3 is 2.67 bits per heavy atom. The minimum absolute atomic E-state index is 0.339. The van der Waals surface area contributed by atoms with Crippen LogP contribution in [0.4, 0.5) is 0 Å². The van der Waals surface area contributed by atoms with E-state index < -0.39 is 0 Å². The van der Waals surface area contributed by atoms with Crippen molar-refractivity contribution in [1.82, 2.24) is 0 Å². The SMILES string of the molecule is Brc1ccc2c(c1)OCO2.CO. The van der Waals surface area contributed by atoms with Gasteiger partial charge in [-0.15, -0.1) is 0 Å². The Morgan fingerprint density at radius 1 is 1.25 bits per heavy atom. The van der Waals surface area contributed by atoms with Gasteiger partial charge in [0.15, 0.2) is 11.5 Å². The Kier molecular flexibility index (Phi) is 3.37. The average molecular weight is 233 g/mol. The number of hydrogen-bond donors (Lipinski definition) is 1. The van der Waals surface area contributed by atoms with Crippen LogP contribution in [0.15, 0.2) is 22.7 Å². The lowest BCUT2D eigenvalue weighted by atomic mass is 10.3. The molecule has 3 nitrogen and oxygen atoms in total. The maximum Gasteiger partial charge on any atom is 0.231 e. The minimum atomic E-state index is 0.339. The van der Waals surface area contributed by atoms with Crippen molar-refractivity contribution in [3.63, 3.8) is 0 Å². The number of rotatable bonds is 0. The van der Waals surface area contributed by atoms with Crippen molar-refractivity contribution in [2.24, 2.45) is 0 Å². The monoisotopic (exact) mass is 232 g/mol. The lowest BCUT2D eigenvalue weighted by Crippen LogP contribution is -1.92. The molecule has 0 radical (unpaired) electrons. The minimum Gasteiger partial charge on any atom is -0.454 e. The average Bonchev–Trinajstić information content (AvgIpc) is 2.54. The molecule has 0 aliphatic carbocycles. The van der Waals surface area contributed by atoms with E-state index >= 15 is 0 Å². The number of benzene rings is 1. The maximum absolute atomic E-state index is 7.00. The molecule has 12 heavy (non-hydrogen) atoms. The molecule has 0 atom stereocenters. The number of aliphatic hydroxyl groups excluding tert-OH is 1. The van der Waals surface area contributed by atoms with Gasteiger partial charge in [0.2, 0.25) is 6.79 Å². The molecule has 66 valence electrons. The van der Waals surface area contributed by atoms with Gasteiger partial charge in [-0.05, 0) is 18.2 Å². The van der Waals surface area contributed by atoms with E-state index in [2.05, 4.69) is 15.9 Å². The summed E-state index contributed by atoms with van der Waals surface area (Å²) in [6.07, 6.45) is 0. The molecule has 0 saturated carbocycles. The van der Waals surface area contributed by atoms with Crippen molar-refractivity contribution in [2.45, 2.75) is 0 Å². The maximum atomic E-state index is 7.00. The fourth-order valence-corrected chi connectivity index (χ4v) is 1.21. The summed E-state index contributed by atoms with van der Waals surface area (Å²) in [7, 11) is 1.00. The van der Waals surface area contributed by atoms with Crippen molar-refractivity contribution in [3.8, 4) is 11.5 Å². The van der Waals surface area contributed by atoms with Gasteiger partial charge in [0.05, 0.1) is 0 Å². The third-order valence-corrected chi connectivity index (χ3v) is 1.83. The van der Waals surface area contributed by atoms with Crippen molar-refractivity contribution in [1.29, 1.82) is 0 Å². The van der Waals surface area contributed by atoms with Gasteiger partial charge in [-0.2, -0.15) is 0 Å². The van der Waals surface area contributed by atoms with Crippen LogP contribution in [-0.2, 0) is 0 Å². The summed E-state index contributed by atoms with van der Waals surface area (Å²) < 4.78 is 11.2. The van der Waals surface area contributed by atoms with E-state index in [1.807, 2.05) is 18.2 Å². The van der Waals surface area contributed by atoms with Gasteiger partial charge in [-0.25, -0.2) is 0 Å².